The molecule has 0 saturated heterocycles. The topological polar surface area (TPSA) is 0 Å². The van der Waals surface area contributed by atoms with Crippen LogP contribution in [0.15, 0.2) is 89.4 Å². The van der Waals surface area contributed by atoms with Gasteiger partial charge in [-0.1, -0.05) is 105 Å². The molecule has 0 aliphatic carbocycles. The van der Waals surface area contributed by atoms with Crippen LogP contribution in [0.2, 0.25) is 0 Å². The van der Waals surface area contributed by atoms with Crippen molar-refractivity contribution < 1.29 is 0 Å². The van der Waals surface area contributed by atoms with Crippen LogP contribution in [0.5, 0.6) is 0 Å². The Morgan fingerprint density at radius 3 is 1.33 bits per heavy atom. The second-order valence-corrected chi connectivity index (χ2v) is 7.00. The molecule has 0 aliphatic rings. The van der Waals surface area contributed by atoms with Gasteiger partial charge in [0.15, 0.2) is 0 Å². The van der Waals surface area contributed by atoms with Crippen LogP contribution < -0.4 is 0 Å². The standard InChI is InChI=1S/C19H14Br2/c20-18-13-11-17(12-14-18)19(21,15-7-3-1-4-8-15)16-9-5-2-6-10-16/h1-14H. The molecule has 21 heavy (non-hydrogen) atoms. The summed E-state index contributed by atoms with van der Waals surface area (Å²) in [6.07, 6.45) is 0. The molecule has 0 radical (unpaired) electrons. The molecule has 0 bridgehead atoms. The van der Waals surface area contributed by atoms with Gasteiger partial charge in [-0.05, 0) is 28.8 Å². The monoisotopic (exact) mass is 400 g/mol. The van der Waals surface area contributed by atoms with Crippen molar-refractivity contribution in [1.29, 1.82) is 0 Å². The lowest BCUT2D eigenvalue weighted by molar-refractivity contribution is 0.916. The highest BCUT2D eigenvalue weighted by Gasteiger charge is 2.32. The molecule has 0 unspecified atom stereocenters. The Kier molecular flexibility index (Phi) is 4.27. The van der Waals surface area contributed by atoms with E-state index in [0.717, 1.165) is 4.47 Å². The normalized spacial score (nSPS) is 11.3. The minimum absolute atomic E-state index is 0.337. The molecule has 0 aromatic heterocycles. The van der Waals surface area contributed by atoms with Gasteiger partial charge in [0.1, 0.15) is 4.32 Å². The molecule has 0 fully saturated rings. The van der Waals surface area contributed by atoms with Crippen molar-refractivity contribution in [3.05, 3.63) is 106 Å². The highest BCUT2D eigenvalue weighted by molar-refractivity contribution is 9.10. The first-order chi connectivity index (χ1) is 10.2. The summed E-state index contributed by atoms with van der Waals surface area (Å²) in [7, 11) is 0. The van der Waals surface area contributed by atoms with Crippen LogP contribution in [0, 0.1) is 0 Å². The molecule has 0 N–H and O–H groups in total. The fraction of sp³-hybridized carbons (Fsp3) is 0.0526. The van der Waals surface area contributed by atoms with Crippen molar-refractivity contribution >= 4 is 31.9 Å². The summed E-state index contributed by atoms with van der Waals surface area (Å²) in [6, 6.07) is 29.5. The summed E-state index contributed by atoms with van der Waals surface area (Å²) < 4.78 is 0.748. The van der Waals surface area contributed by atoms with Crippen molar-refractivity contribution in [1.82, 2.24) is 0 Å². The van der Waals surface area contributed by atoms with E-state index < -0.39 is 0 Å². The lowest BCUT2D eigenvalue weighted by Crippen LogP contribution is -2.21. The van der Waals surface area contributed by atoms with Crippen LogP contribution in [0.1, 0.15) is 16.7 Å². The van der Waals surface area contributed by atoms with Crippen molar-refractivity contribution in [2.75, 3.05) is 0 Å². The number of hydrogen-bond acceptors (Lipinski definition) is 0. The number of alkyl halides is 1. The van der Waals surface area contributed by atoms with Gasteiger partial charge >= 0.3 is 0 Å². The Bertz CT molecular complexity index is 664. The largest absolute Gasteiger partial charge is 0.100 e. The van der Waals surface area contributed by atoms with Crippen LogP contribution in [0.4, 0.5) is 0 Å². The summed E-state index contributed by atoms with van der Waals surface area (Å²) in [5.74, 6) is 0. The van der Waals surface area contributed by atoms with Gasteiger partial charge in [0, 0.05) is 4.47 Å². The minimum Gasteiger partial charge on any atom is -0.0696 e. The predicted molar refractivity (Wildman–Crippen MR) is 95.8 cm³/mol. The van der Waals surface area contributed by atoms with E-state index >= 15 is 0 Å². The zero-order chi connectivity index (χ0) is 14.7. The third-order valence-corrected chi connectivity index (χ3v) is 5.49. The van der Waals surface area contributed by atoms with E-state index in [1.807, 2.05) is 12.1 Å². The van der Waals surface area contributed by atoms with Crippen LogP contribution in [0.25, 0.3) is 0 Å². The summed E-state index contributed by atoms with van der Waals surface area (Å²) >= 11 is 7.53. The van der Waals surface area contributed by atoms with Crippen molar-refractivity contribution in [2.24, 2.45) is 0 Å². The molecular formula is C19H14Br2. The Hall–Kier alpha value is -1.38. The zero-order valence-electron chi connectivity index (χ0n) is 11.3. The first-order valence-corrected chi connectivity index (χ1v) is 8.36. The zero-order valence-corrected chi connectivity index (χ0v) is 14.5. The third kappa shape index (κ3) is 2.83. The fourth-order valence-corrected chi connectivity index (χ4v) is 3.57. The highest BCUT2D eigenvalue weighted by Crippen LogP contribution is 2.44. The van der Waals surface area contributed by atoms with Gasteiger partial charge in [0.05, 0.1) is 0 Å². The van der Waals surface area contributed by atoms with E-state index in [2.05, 4.69) is 105 Å². The van der Waals surface area contributed by atoms with Gasteiger partial charge in [-0.15, -0.1) is 0 Å². The molecule has 0 atom stereocenters. The highest BCUT2D eigenvalue weighted by atomic mass is 79.9. The summed E-state index contributed by atoms with van der Waals surface area (Å²) in [4.78, 5) is 0. The Balaban J connectivity index is 2.23. The van der Waals surface area contributed by atoms with Crippen LogP contribution in [0.3, 0.4) is 0 Å². The second-order valence-electron chi connectivity index (χ2n) is 4.90. The molecule has 104 valence electrons. The maximum absolute atomic E-state index is 4.02. The Labute approximate surface area is 142 Å². The number of rotatable bonds is 3. The Morgan fingerprint density at radius 1 is 0.524 bits per heavy atom. The first-order valence-electron chi connectivity index (χ1n) is 6.77. The molecule has 3 aromatic rings. The minimum atomic E-state index is -0.337. The molecule has 0 spiro atoms. The van der Waals surface area contributed by atoms with Gasteiger partial charge in [-0.25, -0.2) is 0 Å². The average Bonchev–Trinajstić information content (AvgIpc) is 2.56. The van der Waals surface area contributed by atoms with E-state index in [0.29, 0.717) is 0 Å². The molecule has 0 aliphatic heterocycles. The van der Waals surface area contributed by atoms with Gasteiger partial charge in [-0.2, -0.15) is 0 Å². The van der Waals surface area contributed by atoms with E-state index in [1.54, 1.807) is 0 Å². The SMILES string of the molecule is Brc1ccc(C(Br)(c2ccccc2)c2ccccc2)cc1. The number of hydrogen-bond donors (Lipinski definition) is 0. The lowest BCUT2D eigenvalue weighted by atomic mass is 9.85. The fourth-order valence-electron chi connectivity index (χ4n) is 2.52. The van der Waals surface area contributed by atoms with Crippen molar-refractivity contribution in [2.45, 2.75) is 4.32 Å². The average molecular weight is 402 g/mol. The maximum Gasteiger partial charge on any atom is 0.100 e. The first kappa shape index (κ1) is 14.6. The molecular weight excluding hydrogens is 388 g/mol. The van der Waals surface area contributed by atoms with E-state index in [1.165, 1.54) is 16.7 Å². The third-order valence-electron chi connectivity index (χ3n) is 3.59. The van der Waals surface area contributed by atoms with Crippen LogP contribution >= 0.6 is 31.9 Å². The van der Waals surface area contributed by atoms with Gasteiger partial charge in [0.25, 0.3) is 0 Å². The molecule has 0 saturated carbocycles. The molecule has 3 rings (SSSR count). The smallest absolute Gasteiger partial charge is 0.0696 e. The van der Waals surface area contributed by atoms with E-state index in [4.69, 9.17) is 0 Å². The van der Waals surface area contributed by atoms with Crippen LogP contribution in [-0.2, 0) is 4.32 Å². The molecule has 0 heterocycles. The Morgan fingerprint density at radius 2 is 0.905 bits per heavy atom. The predicted octanol–water partition coefficient (Wildman–Crippen LogP) is 6.14. The maximum atomic E-state index is 4.02. The molecule has 2 heteroatoms. The number of benzene rings is 3. The summed E-state index contributed by atoms with van der Waals surface area (Å²) in [5, 5.41) is 0. The van der Waals surface area contributed by atoms with Gasteiger partial charge in [-0.3, -0.25) is 0 Å². The summed E-state index contributed by atoms with van der Waals surface area (Å²) in [6.45, 7) is 0. The molecule has 3 aromatic carbocycles. The van der Waals surface area contributed by atoms with E-state index in [9.17, 15) is 0 Å². The van der Waals surface area contributed by atoms with Gasteiger partial charge < -0.3 is 0 Å². The second kappa shape index (κ2) is 6.17. The summed E-state index contributed by atoms with van der Waals surface area (Å²) in [5.41, 5.74) is 3.65. The van der Waals surface area contributed by atoms with Gasteiger partial charge in [0.2, 0.25) is 0 Å². The van der Waals surface area contributed by atoms with Crippen LogP contribution in [-0.4, -0.2) is 0 Å². The lowest BCUT2D eigenvalue weighted by Gasteiger charge is -2.29. The quantitative estimate of drug-likeness (QED) is 0.365. The van der Waals surface area contributed by atoms with Crippen molar-refractivity contribution in [3.8, 4) is 0 Å². The number of halogens is 2. The molecule has 0 nitrogen and oxygen atoms in total. The van der Waals surface area contributed by atoms with E-state index in [-0.39, 0.29) is 4.32 Å². The van der Waals surface area contributed by atoms with Crippen molar-refractivity contribution in [3.63, 3.8) is 0 Å². The molecule has 0 amide bonds.